The highest BCUT2D eigenvalue weighted by atomic mass is 35.5. The molecule has 4 aromatic rings. The van der Waals surface area contributed by atoms with Gasteiger partial charge in [0, 0.05) is 40.9 Å². The molecule has 0 aliphatic heterocycles. The van der Waals surface area contributed by atoms with Crippen LogP contribution in [0.5, 0.6) is 0 Å². The minimum absolute atomic E-state index is 0.0718. The van der Waals surface area contributed by atoms with Gasteiger partial charge in [-0.2, -0.15) is 5.10 Å². The molecule has 1 amide bonds. The lowest BCUT2D eigenvalue weighted by Gasteiger charge is -2.09. The number of nitrogens with one attached hydrogen (secondary N) is 1. The molecule has 0 spiro atoms. The lowest BCUT2D eigenvalue weighted by Crippen LogP contribution is -2.15. The fraction of sp³-hybridized carbons (Fsp3) is 0.136. The van der Waals surface area contributed by atoms with E-state index >= 15 is 0 Å². The van der Waals surface area contributed by atoms with Crippen LogP contribution in [0.4, 0.5) is 5.69 Å². The molecule has 1 N–H and O–H groups in total. The first kappa shape index (κ1) is 21.0. The van der Waals surface area contributed by atoms with Gasteiger partial charge in [0.2, 0.25) is 5.91 Å². The average molecular weight is 455 g/mol. The molecule has 0 saturated heterocycles. The van der Waals surface area contributed by atoms with E-state index in [2.05, 4.69) is 15.4 Å². The van der Waals surface area contributed by atoms with Gasteiger partial charge in [-0.05, 0) is 41.5 Å². The summed E-state index contributed by atoms with van der Waals surface area (Å²) in [4.78, 5) is 16.6. The standard InChI is InChI=1S/C22H19ClN4O3S/c1-31(29,30)21-12-17(25-22(28)10-16-4-2-3-5-19(16)23)11-20-18(21)14-27(26-20)13-15-6-8-24-9-7-15/h2-9,11-12,14H,10,13H2,1H3,(H,25,28). The van der Waals surface area contributed by atoms with Crippen LogP contribution in [0.3, 0.4) is 0 Å². The number of fused-ring (bicyclic) bond motifs is 1. The number of anilines is 1. The van der Waals surface area contributed by atoms with Crippen LogP contribution < -0.4 is 5.32 Å². The number of hydrogen-bond acceptors (Lipinski definition) is 5. The largest absolute Gasteiger partial charge is 0.326 e. The van der Waals surface area contributed by atoms with Gasteiger partial charge in [-0.15, -0.1) is 0 Å². The Balaban J connectivity index is 1.66. The molecule has 31 heavy (non-hydrogen) atoms. The van der Waals surface area contributed by atoms with E-state index < -0.39 is 9.84 Å². The number of hydrogen-bond donors (Lipinski definition) is 1. The van der Waals surface area contributed by atoms with Crippen molar-refractivity contribution in [1.29, 1.82) is 0 Å². The highest BCUT2D eigenvalue weighted by molar-refractivity contribution is 7.91. The molecular formula is C22H19ClN4O3S. The number of aromatic nitrogens is 3. The summed E-state index contributed by atoms with van der Waals surface area (Å²) in [6.45, 7) is 0.467. The van der Waals surface area contributed by atoms with E-state index in [-0.39, 0.29) is 17.2 Å². The molecule has 0 aliphatic rings. The molecule has 2 aromatic heterocycles. The molecule has 2 aromatic carbocycles. The topological polar surface area (TPSA) is 94.0 Å². The van der Waals surface area contributed by atoms with E-state index in [1.165, 1.54) is 6.07 Å². The number of pyridine rings is 1. The molecule has 0 radical (unpaired) electrons. The second kappa shape index (κ2) is 8.49. The molecule has 4 rings (SSSR count). The zero-order valence-electron chi connectivity index (χ0n) is 16.6. The third kappa shape index (κ3) is 4.92. The summed E-state index contributed by atoms with van der Waals surface area (Å²) < 4.78 is 26.5. The van der Waals surface area contributed by atoms with Gasteiger partial charge in [-0.1, -0.05) is 29.8 Å². The summed E-state index contributed by atoms with van der Waals surface area (Å²) >= 11 is 6.13. The number of amides is 1. The van der Waals surface area contributed by atoms with Crippen LogP contribution in [0.15, 0.2) is 72.0 Å². The van der Waals surface area contributed by atoms with Crippen LogP contribution in [0.25, 0.3) is 10.9 Å². The van der Waals surface area contributed by atoms with Gasteiger partial charge in [0.25, 0.3) is 0 Å². The van der Waals surface area contributed by atoms with Gasteiger partial charge in [-0.3, -0.25) is 14.5 Å². The summed E-state index contributed by atoms with van der Waals surface area (Å²) in [5.74, 6) is -0.303. The van der Waals surface area contributed by atoms with E-state index in [0.29, 0.717) is 33.7 Å². The summed E-state index contributed by atoms with van der Waals surface area (Å²) in [7, 11) is -3.55. The maximum Gasteiger partial charge on any atom is 0.228 e. The van der Waals surface area contributed by atoms with Gasteiger partial charge in [0.1, 0.15) is 0 Å². The summed E-state index contributed by atoms with van der Waals surface area (Å²) in [6.07, 6.45) is 6.28. The fourth-order valence-corrected chi connectivity index (χ4v) is 4.40. The summed E-state index contributed by atoms with van der Waals surface area (Å²) in [6, 6.07) is 13.9. The quantitative estimate of drug-likeness (QED) is 0.479. The molecule has 0 aliphatic carbocycles. The summed E-state index contributed by atoms with van der Waals surface area (Å²) in [5, 5.41) is 8.27. The normalized spacial score (nSPS) is 11.5. The van der Waals surface area contributed by atoms with Crippen LogP contribution in [0.2, 0.25) is 5.02 Å². The Morgan fingerprint density at radius 1 is 1.13 bits per heavy atom. The third-order valence-corrected chi connectivity index (χ3v) is 6.23. The lowest BCUT2D eigenvalue weighted by molar-refractivity contribution is -0.115. The van der Waals surface area contributed by atoms with E-state index in [0.717, 1.165) is 11.8 Å². The Kier molecular flexibility index (Phi) is 5.75. The molecule has 7 nitrogen and oxygen atoms in total. The Morgan fingerprint density at radius 3 is 2.58 bits per heavy atom. The Labute approximate surface area is 184 Å². The number of sulfone groups is 1. The first-order chi connectivity index (χ1) is 14.8. The second-order valence-electron chi connectivity index (χ2n) is 7.18. The number of rotatable bonds is 6. The van der Waals surface area contributed by atoms with E-state index in [4.69, 9.17) is 11.6 Å². The molecule has 0 atom stereocenters. The number of halogens is 1. The predicted molar refractivity (Wildman–Crippen MR) is 120 cm³/mol. The van der Waals surface area contributed by atoms with Crippen molar-refractivity contribution >= 4 is 43.9 Å². The first-order valence-electron chi connectivity index (χ1n) is 9.43. The highest BCUT2D eigenvalue weighted by Gasteiger charge is 2.18. The van der Waals surface area contributed by atoms with Gasteiger partial charge in [-0.25, -0.2) is 8.42 Å². The SMILES string of the molecule is CS(=O)(=O)c1cc(NC(=O)Cc2ccccc2Cl)cc2nn(Cc3ccncc3)cc12. The predicted octanol–water partition coefficient (Wildman–Crippen LogP) is 3.72. The number of carbonyl (C=O) groups excluding carboxylic acids is 1. The molecular weight excluding hydrogens is 436 g/mol. The van der Waals surface area contributed by atoms with Crippen molar-refractivity contribution in [2.24, 2.45) is 0 Å². The van der Waals surface area contributed by atoms with Crippen molar-refractivity contribution in [3.63, 3.8) is 0 Å². The number of benzene rings is 2. The van der Waals surface area contributed by atoms with E-state index in [1.807, 2.05) is 12.1 Å². The van der Waals surface area contributed by atoms with Crippen molar-refractivity contribution in [2.75, 3.05) is 11.6 Å². The minimum atomic E-state index is -3.55. The Morgan fingerprint density at radius 2 is 1.87 bits per heavy atom. The molecule has 0 fully saturated rings. The van der Waals surface area contributed by atoms with Crippen LogP contribution in [0.1, 0.15) is 11.1 Å². The zero-order valence-corrected chi connectivity index (χ0v) is 18.2. The van der Waals surface area contributed by atoms with Crippen molar-refractivity contribution in [3.8, 4) is 0 Å². The van der Waals surface area contributed by atoms with Crippen LogP contribution in [-0.4, -0.2) is 35.3 Å². The van der Waals surface area contributed by atoms with Gasteiger partial charge < -0.3 is 5.32 Å². The Hall–Kier alpha value is -3.23. The maximum absolute atomic E-state index is 12.5. The molecule has 9 heteroatoms. The van der Waals surface area contributed by atoms with Gasteiger partial charge in [0.15, 0.2) is 9.84 Å². The highest BCUT2D eigenvalue weighted by Crippen LogP contribution is 2.27. The molecule has 2 heterocycles. The zero-order chi connectivity index (χ0) is 22.0. The van der Waals surface area contributed by atoms with Crippen molar-refractivity contribution in [3.05, 3.63) is 83.3 Å². The monoisotopic (exact) mass is 454 g/mol. The smallest absolute Gasteiger partial charge is 0.228 e. The summed E-state index contributed by atoms with van der Waals surface area (Å²) in [5.41, 5.74) is 2.51. The van der Waals surface area contributed by atoms with Gasteiger partial charge >= 0.3 is 0 Å². The van der Waals surface area contributed by atoms with E-state index in [9.17, 15) is 13.2 Å². The number of nitrogens with zero attached hydrogens (tertiary/aromatic N) is 3. The third-order valence-electron chi connectivity index (χ3n) is 4.72. The van der Waals surface area contributed by atoms with Crippen molar-refractivity contribution < 1.29 is 13.2 Å². The second-order valence-corrected chi connectivity index (χ2v) is 9.57. The molecule has 0 bridgehead atoms. The fourth-order valence-electron chi connectivity index (χ4n) is 3.30. The number of carbonyl (C=O) groups is 1. The van der Waals surface area contributed by atoms with Gasteiger partial charge in [0.05, 0.1) is 23.4 Å². The van der Waals surface area contributed by atoms with Crippen LogP contribution in [-0.2, 0) is 27.6 Å². The Bertz CT molecular complexity index is 1370. The minimum Gasteiger partial charge on any atom is -0.326 e. The van der Waals surface area contributed by atoms with Crippen LogP contribution >= 0.6 is 11.6 Å². The maximum atomic E-state index is 12.5. The molecule has 158 valence electrons. The molecule has 0 saturated carbocycles. The first-order valence-corrected chi connectivity index (χ1v) is 11.7. The van der Waals surface area contributed by atoms with Crippen molar-refractivity contribution in [2.45, 2.75) is 17.9 Å². The lowest BCUT2D eigenvalue weighted by atomic mass is 10.1. The average Bonchev–Trinajstić information content (AvgIpc) is 3.11. The molecule has 0 unspecified atom stereocenters. The van der Waals surface area contributed by atoms with Crippen molar-refractivity contribution in [1.82, 2.24) is 14.8 Å². The van der Waals surface area contributed by atoms with Crippen LogP contribution in [0, 0.1) is 0 Å². The van der Waals surface area contributed by atoms with E-state index in [1.54, 1.807) is 53.6 Å².